The second-order valence-corrected chi connectivity index (χ2v) is 19.9. The minimum absolute atomic E-state index is 0.202. The molecule has 0 amide bonds. The van der Waals surface area contributed by atoms with Crippen molar-refractivity contribution in [2.45, 2.75) is 57.3 Å². The van der Waals surface area contributed by atoms with Crippen molar-refractivity contribution in [2.24, 2.45) is 23.2 Å². The fourth-order valence-electron chi connectivity index (χ4n) is 14.2. The Morgan fingerprint density at radius 1 is 0.452 bits per heavy atom. The Hall–Kier alpha value is -6.44. The lowest BCUT2D eigenvalue weighted by molar-refractivity contribution is 0.204. The molecule has 0 radical (unpaired) electrons. The minimum Gasteiger partial charge on any atom is -0.310 e. The molecule has 0 heterocycles. The maximum atomic E-state index is 2.59. The third-order valence-corrected chi connectivity index (χ3v) is 16.3. The molecule has 0 N–H and O–H groups in total. The summed E-state index contributed by atoms with van der Waals surface area (Å²) in [5.74, 6) is 2.54. The average molecular weight is 798 g/mol. The Labute approximate surface area is 366 Å². The number of rotatable bonds is 6. The standard InChI is InChI=1S/C61H51N/c1-39-34-40-35-56-60(37-39,38-40)61(56)52-21-11-10-18-49(52)51-36-45(28-33-53(51)61)48-19-12-20-50-57-54(59(2,3)58(48)50)22-13-23-55(57)62(46-29-24-43(25-30-46)41-14-6-4-7-15-41)47-31-26-44(27-32-47)42-16-8-5-9-17-42/h4-33,36,39-40,56H,34-35,37-38H2,1-3H3. The molecule has 0 aromatic heterocycles. The van der Waals surface area contributed by atoms with E-state index in [9.17, 15) is 0 Å². The van der Waals surface area contributed by atoms with Gasteiger partial charge < -0.3 is 4.90 Å². The summed E-state index contributed by atoms with van der Waals surface area (Å²) in [5.41, 5.74) is 23.1. The van der Waals surface area contributed by atoms with Gasteiger partial charge in [-0.15, -0.1) is 0 Å². The highest BCUT2D eigenvalue weighted by Gasteiger charge is 2.82. The van der Waals surface area contributed by atoms with Gasteiger partial charge in [0.05, 0.1) is 5.69 Å². The molecule has 0 saturated heterocycles. The number of fused-ring (bicyclic) bond motifs is 10. The molecule has 5 atom stereocenters. The lowest BCUT2D eigenvalue weighted by Crippen LogP contribution is -2.28. The van der Waals surface area contributed by atoms with Crippen LogP contribution in [-0.2, 0) is 10.8 Å². The summed E-state index contributed by atoms with van der Waals surface area (Å²) in [4.78, 5) is 2.48. The van der Waals surface area contributed by atoms with Crippen molar-refractivity contribution in [3.63, 3.8) is 0 Å². The topological polar surface area (TPSA) is 3.24 Å². The maximum absolute atomic E-state index is 2.59. The van der Waals surface area contributed by atoms with Crippen LogP contribution < -0.4 is 4.90 Å². The van der Waals surface area contributed by atoms with Crippen LogP contribution in [0.15, 0.2) is 188 Å². The van der Waals surface area contributed by atoms with Gasteiger partial charge in [-0.2, -0.15) is 0 Å². The van der Waals surface area contributed by atoms with Crippen molar-refractivity contribution in [3.05, 3.63) is 210 Å². The second-order valence-electron chi connectivity index (χ2n) is 19.9. The van der Waals surface area contributed by atoms with Crippen LogP contribution in [0.1, 0.15) is 68.7 Å². The average Bonchev–Trinajstić information content (AvgIpc) is 3.49. The highest BCUT2D eigenvalue weighted by atomic mass is 15.1. The third-order valence-electron chi connectivity index (χ3n) is 16.3. The molecule has 5 aliphatic rings. The predicted octanol–water partition coefficient (Wildman–Crippen LogP) is 16.2. The Bertz CT molecular complexity index is 2980. The fourth-order valence-corrected chi connectivity index (χ4v) is 14.2. The van der Waals surface area contributed by atoms with Crippen LogP contribution in [0, 0.1) is 23.2 Å². The molecule has 1 heteroatoms. The summed E-state index contributed by atoms with van der Waals surface area (Å²) in [6.07, 6.45) is 5.64. The SMILES string of the molecule is CC1CC2CC3C(C1)(C2)C31c2ccccc2-c2cc(-c3cccc4c3C(C)(C)c3cccc(N(c5ccc(-c6ccccc6)cc5)c5ccc(-c6ccccc6)cc5)c3-4)ccc21. The molecule has 2 bridgehead atoms. The van der Waals surface area contributed by atoms with Gasteiger partial charge in [0, 0.05) is 27.8 Å². The molecule has 8 aromatic carbocycles. The van der Waals surface area contributed by atoms with E-state index in [4.69, 9.17) is 0 Å². The maximum Gasteiger partial charge on any atom is 0.0543 e. The number of anilines is 3. The number of benzene rings is 8. The van der Waals surface area contributed by atoms with Crippen LogP contribution in [0.25, 0.3) is 55.6 Å². The number of hydrogen-bond donors (Lipinski definition) is 0. The van der Waals surface area contributed by atoms with Crippen LogP contribution in [-0.4, -0.2) is 0 Å². The van der Waals surface area contributed by atoms with E-state index < -0.39 is 0 Å². The number of nitrogens with zero attached hydrogens (tertiary/aromatic N) is 1. The van der Waals surface area contributed by atoms with Crippen molar-refractivity contribution in [1.82, 2.24) is 0 Å². The van der Waals surface area contributed by atoms with Gasteiger partial charge in [-0.1, -0.05) is 172 Å². The molecule has 300 valence electrons. The third kappa shape index (κ3) is 4.86. The second kappa shape index (κ2) is 13.0. The molecular weight excluding hydrogens is 747 g/mol. The summed E-state index contributed by atoms with van der Waals surface area (Å²) >= 11 is 0. The first-order valence-electron chi connectivity index (χ1n) is 23.0. The molecule has 3 fully saturated rings. The van der Waals surface area contributed by atoms with Crippen molar-refractivity contribution < 1.29 is 0 Å². The molecule has 13 rings (SSSR count). The molecule has 1 nitrogen and oxygen atoms in total. The minimum atomic E-state index is -0.213. The first-order chi connectivity index (χ1) is 30.4. The van der Waals surface area contributed by atoms with E-state index in [0.29, 0.717) is 5.41 Å². The lowest BCUT2D eigenvalue weighted by Gasteiger charge is -2.35. The first kappa shape index (κ1) is 36.2. The quantitative estimate of drug-likeness (QED) is 0.162. The van der Waals surface area contributed by atoms with Gasteiger partial charge in [-0.25, -0.2) is 0 Å². The number of hydrogen-bond acceptors (Lipinski definition) is 1. The summed E-state index contributed by atoms with van der Waals surface area (Å²) in [6, 6.07) is 70.9. The molecule has 0 aliphatic heterocycles. The van der Waals surface area contributed by atoms with Gasteiger partial charge in [0.1, 0.15) is 0 Å². The molecule has 5 aliphatic carbocycles. The van der Waals surface area contributed by atoms with Crippen molar-refractivity contribution >= 4 is 17.1 Å². The summed E-state index contributed by atoms with van der Waals surface area (Å²) in [7, 11) is 0. The van der Waals surface area contributed by atoms with Crippen LogP contribution in [0.4, 0.5) is 17.1 Å². The Morgan fingerprint density at radius 2 is 1.00 bits per heavy atom. The monoisotopic (exact) mass is 797 g/mol. The highest BCUT2D eigenvalue weighted by molar-refractivity contribution is 5.99. The molecule has 5 unspecified atom stereocenters. The fraction of sp³-hybridized carbons (Fsp3) is 0.213. The van der Waals surface area contributed by atoms with E-state index in [1.54, 1.807) is 11.1 Å². The van der Waals surface area contributed by atoms with Gasteiger partial charge in [-0.05, 0) is 158 Å². The zero-order valence-corrected chi connectivity index (χ0v) is 35.9. The lowest BCUT2D eigenvalue weighted by atomic mass is 9.68. The van der Waals surface area contributed by atoms with Crippen LogP contribution in [0.2, 0.25) is 0 Å². The summed E-state index contributed by atoms with van der Waals surface area (Å²) in [6.45, 7) is 7.42. The molecule has 8 aromatic rings. The van der Waals surface area contributed by atoms with E-state index >= 15 is 0 Å². The van der Waals surface area contributed by atoms with Crippen molar-refractivity contribution in [1.29, 1.82) is 0 Å². The van der Waals surface area contributed by atoms with E-state index in [-0.39, 0.29) is 10.8 Å². The molecule has 62 heavy (non-hydrogen) atoms. The predicted molar refractivity (Wildman–Crippen MR) is 258 cm³/mol. The Kier molecular flexibility index (Phi) is 7.62. The molecule has 3 saturated carbocycles. The zero-order valence-electron chi connectivity index (χ0n) is 35.9. The van der Waals surface area contributed by atoms with Crippen molar-refractivity contribution in [3.8, 4) is 55.6 Å². The van der Waals surface area contributed by atoms with Gasteiger partial charge in [0.15, 0.2) is 0 Å². The van der Waals surface area contributed by atoms with Crippen LogP contribution in [0.5, 0.6) is 0 Å². The van der Waals surface area contributed by atoms with E-state index in [1.165, 1.54) is 98.1 Å². The van der Waals surface area contributed by atoms with Crippen LogP contribution in [0.3, 0.4) is 0 Å². The molecular formula is C61H51N. The van der Waals surface area contributed by atoms with Crippen molar-refractivity contribution in [2.75, 3.05) is 4.90 Å². The Balaban J connectivity index is 0.953. The summed E-state index contributed by atoms with van der Waals surface area (Å²) < 4.78 is 0. The van der Waals surface area contributed by atoms with E-state index in [1.807, 2.05) is 0 Å². The van der Waals surface area contributed by atoms with Gasteiger partial charge >= 0.3 is 0 Å². The summed E-state index contributed by atoms with van der Waals surface area (Å²) in [5, 5.41) is 0. The van der Waals surface area contributed by atoms with E-state index in [0.717, 1.165) is 29.1 Å². The van der Waals surface area contributed by atoms with Crippen LogP contribution >= 0.6 is 0 Å². The Morgan fingerprint density at radius 3 is 1.69 bits per heavy atom. The zero-order chi connectivity index (χ0) is 41.4. The molecule has 2 spiro atoms. The van der Waals surface area contributed by atoms with Gasteiger partial charge in [-0.3, -0.25) is 0 Å². The largest absolute Gasteiger partial charge is 0.310 e. The smallest absolute Gasteiger partial charge is 0.0543 e. The van der Waals surface area contributed by atoms with Gasteiger partial charge in [0.25, 0.3) is 0 Å². The van der Waals surface area contributed by atoms with E-state index in [2.05, 4.69) is 214 Å². The van der Waals surface area contributed by atoms with Gasteiger partial charge in [0.2, 0.25) is 0 Å². The first-order valence-corrected chi connectivity index (χ1v) is 23.0. The highest BCUT2D eigenvalue weighted by Crippen LogP contribution is 2.87. The normalized spacial score (nSPS) is 23.9.